The Morgan fingerprint density at radius 1 is 1.12 bits per heavy atom. The van der Waals surface area contributed by atoms with Crippen molar-refractivity contribution in [3.63, 3.8) is 0 Å². The molecule has 0 aromatic carbocycles. The Labute approximate surface area is 237 Å². The normalized spacial score (nSPS) is 18.4. The molecule has 1 atom stereocenters. The molecule has 2 aliphatic heterocycles. The number of amides is 1. The molecular weight excluding hydrogens is 600 g/mol. The average molecular weight is 620 g/mol. The number of oxime groups is 1. The van der Waals surface area contributed by atoms with Gasteiger partial charge in [-0.05, 0) is 31.0 Å². The number of pyridine rings is 2. The Morgan fingerprint density at radius 2 is 1.85 bits per heavy atom. The maximum Gasteiger partial charge on any atom is 0.421 e. The fourth-order valence-electron chi connectivity index (χ4n) is 4.60. The molecule has 0 bridgehead atoms. The molecule has 1 saturated heterocycles. The third-order valence-electron chi connectivity index (χ3n) is 6.79. The van der Waals surface area contributed by atoms with E-state index < -0.39 is 47.6 Å². The molecule has 5 heterocycles. The number of likely N-dealkylation sites (tertiary alicyclic amines) is 1. The molecule has 41 heavy (non-hydrogen) atoms. The second-order valence-electron chi connectivity index (χ2n) is 9.53. The van der Waals surface area contributed by atoms with E-state index in [-0.39, 0.29) is 17.4 Å². The van der Waals surface area contributed by atoms with Crippen LogP contribution in [-0.4, -0.2) is 44.1 Å². The summed E-state index contributed by atoms with van der Waals surface area (Å²) in [5.41, 5.74) is -2.19. The molecule has 5 rings (SSSR count). The molecule has 16 heteroatoms. The van der Waals surface area contributed by atoms with Crippen molar-refractivity contribution in [2.75, 3.05) is 13.1 Å². The van der Waals surface area contributed by atoms with Gasteiger partial charge in [-0.15, -0.1) is 11.3 Å². The quantitative estimate of drug-likeness (QED) is 0.344. The topological polar surface area (TPSA) is 89.7 Å². The molecule has 8 nitrogen and oxygen atoms in total. The summed E-state index contributed by atoms with van der Waals surface area (Å²) in [5, 5.41) is 6.36. The number of piperidine rings is 1. The van der Waals surface area contributed by atoms with Gasteiger partial charge in [0.05, 0.1) is 27.0 Å². The fraction of sp³-hybridized carbons (Fsp3) is 0.400. The molecule has 0 radical (unpaired) electrons. The smallest absolute Gasteiger partial charge is 0.385 e. The van der Waals surface area contributed by atoms with E-state index >= 15 is 0 Å². The summed E-state index contributed by atoms with van der Waals surface area (Å²) in [4.78, 5) is 40.4. The predicted molar refractivity (Wildman–Crippen MR) is 136 cm³/mol. The molecule has 1 amide bonds. The number of alkyl halides is 6. The predicted octanol–water partition coefficient (Wildman–Crippen LogP) is 5.66. The van der Waals surface area contributed by atoms with Gasteiger partial charge in [-0.1, -0.05) is 16.8 Å². The van der Waals surface area contributed by atoms with Crippen LogP contribution in [0.1, 0.15) is 58.8 Å². The number of carbonyl (C=O) groups is 1. The lowest BCUT2D eigenvalue weighted by atomic mass is 9.97. The van der Waals surface area contributed by atoms with E-state index in [2.05, 4.69) is 15.1 Å². The lowest BCUT2D eigenvalue weighted by Gasteiger charge is -2.31. The van der Waals surface area contributed by atoms with Gasteiger partial charge in [0.2, 0.25) is 5.91 Å². The number of hydrogen-bond donors (Lipinski definition) is 0. The van der Waals surface area contributed by atoms with Crippen LogP contribution in [-0.2, 0) is 28.5 Å². The number of carbonyl (C=O) groups excluding carboxylic acids is 1. The molecule has 218 valence electrons. The number of hydrogen-bond acceptors (Lipinski definition) is 7. The first-order valence-corrected chi connectivity index (χ1v) is 13.5. The van der Waals surface area contributed by atoms with Crippen molar-refractivity contribution >= 4 is 34.6 Å². The number of halogens is 7. The molecule has 3 aromatic rings. The van der Waals surface area contributed by atoms with E-state index in [0.717, 1.165) is 23.5 Å². The highest BCUT2D eigenvalue weighted by molar-refractivity contribution is 7.10. The number of rotatable bonds is 5. The van der Waals surface area contributed by atoms with Gasteiger partial charge in [0.15, 0.2) is 6.10 Å². The number of thiazole rings is 1. The van der Waals surface area contributed by atoms with Gasteiger partial charge in [-0.2, -0.15) is 26.3 Å². The molecule has 0 spiro atoms. The standard InChI is InChI=1S/C25H20ClF6N5O3S/c26-15-7-16(25(30,31)32)23(39)37(10-15)11-21(38)36-5-3-13(4-6-36)22-34-19(12-41-22)18-8-20(40-35-18)17-2-1-14(9-33-17)24(27,28)29/h1-2,7,9-10,12-13,20H,3-6,8,11H2. The lowest BCUT2D eigenvalue weighted by Crippen LogP contribution is -2.41. The van der Waals surface area contributed by atoms with E-state index in [1.165, 1.54) is 22.3 Å². The molecule has 1 fully saturated rings. The minimum Gasteiger partial charge on any atom is -0.385 e. The monoisotopic (exact) mass is 619 g/mol. The van der Waals surface area contributed by atoms with Crippen LogP contribution in [0.15, 0.2) is 45.9 Å². The van der Waals surface area contributed by atoms with Gasteiger partial charge < -0.3 is 14.3 Å². The van der Waals surface area contributed by atoms with Crippen molar-refractivity contribution < 1.29 is 36.0 Å². The van der Waals surface area contributed by atoms with Crippen molar-refractivity contribution in [2.45, 2.75) is 50.2 Å². The van der Waals surface area contributed by atoms with Crippen LogP contribution >= 0.6 is 22.9 Å². The van der Waals surface area contributed by atoms with Crippen LogP contribution < -0.4 is 5.56 Å². The van der Waals surface area contributed by atoms with Crippen LogP contribution in [0.4, 0.5) is 26.3 Å². The first kappa shape index (κ1) is 29.0. The Hall–Kier alpha value is -3.46. The summed E-state index contributed by atoms with van der Waals surface area (Å²) >= 11 is 7.15. The summed E-state index contributed by atoms with van der Waals surface area (Å²) in [6.07, 6.45) is -6.86. The molecule has 1 unspecified atom stereocenters. The van der Waals surface area contributed by atoms with E-state index in [1.54, 1.807) is 5.38 Å². The number of aromatic nitrogens is 3. The second-order valence-corrected chi connectivity index (χ2v) is 10.9. The van der Waals surface area contributed by atoms with Crippen LogP contribution in [0.3, 0.4) is 0 Å². The summed E-state index contributed by atoms with van der Waals surface area (Å²) in [6, 6.07) is 2.73. The zero-order valence-corrected chi connectivity index (χ0v) is 22.4. The molecule has 0 N–H and O–H groups in total. The van der Waals surface area contributed by atoms with Crippen LogP contribution in [0, 0.1) is 0 Å². The maximum absolute atomic E-state index is 13.1. The summed E-state index contributed by atoms with van der Waals surface area (Å²) in [5.74, 6) is -0.472. The minimum atomic E-state index is -4.89. The summed E-state index contributed by atoms with van der Waals surface area (Å²) in [7, 11) is 0. The van der Waals surface area contributed by atoms with Crippen LogP contribution in [0.2, 0.25) is 5.02 Å². The zero-order valence-electron chi connectivity index (χ0n) is 20.9. The maximum atomic E-state index is 13.1. The van der Waals surface area contributed by atoms with E-state index in [4.69, 9.17) is 16.4 Å². The lowest BCUT2D eigenvalue weighted by molar-refractivity contribution is -0.140. The molecular formula is C25H20ClF6N5O3S. The van der Waals surface area contributed by atoms with Crippen molar-refractivity contribution in [2.24, 2.45) is 5.16 Å². The van der Waals surface area contributed by atoms with Gasteiger partial charge in [0.25, 0.3) is 5.56 Å². The Morgan fingerprint density at radius 3 is 2.49 bits per heavy atom. The molecule has 2 aliphatic rings. The fourth-order valence-corrected chi connectivity index (χ4v) is 5.83. The highest BCUT2D eigenvalue weighted by Gasteiger charge is 2.36. The average Bonchev–Trinajstić information content (AvgIpc) is 3.60. The largest absolute Gasteiger partial charge is 0.421 e. The van der Waals surface area contributed by atoms with Gasteiger partial charge in [-0.3, -0.25) is 14.6 Å². The van der Waals surface area contributed by atoms with Crippen LogP contribution in [0.5, 0.6) is 0 Å². The Balaban J connectivity index is 1.16. The van der Waals surface area contributed by atoms with E-state index in [0.29, 0.717) is 53.7 Å². The Kier molecular flexibility index (Phi) is 7.85. The number of nitrogens with zero attached hydrogens (tertiary/aromatic N) is 5. The molecule has 3 aromatic heterocycles. The van der Waals surface area contributed by atoms with Gasteiger partial charge >= 0.3 is 12.4 Å². The van der Waals surface area contributed by atoms with Gasteiger partial charge in [-0.25, -0.2) is 4.98 Å². The van der Waals surface area contributed by atoms with Gasteiger partial charge in [0, 0.05) is 43.2 Å². The SMILES string of the molecule is O=C(Cn1cc(Cl)cc(C(F)(F)F)c1=O)N1CCC(c2nc(C3=NOC(c4ccc(C(F)(F)F)cn4)C3)cs2)CC1. The second kappa shape index (κ2) is 11.1. The molecule has 0 aliphatic carbocycles. The summed E-state index contributed by atoms with van der Waals surface area (Å²) < 4.78 is 78.4. The molecule has 0 saturated carbocycles. The van der Waals surface area contributed by atoms with Crippen molar-refractivity contribution in [1.82, 2.24) is 19.4 Å². The van der Waals surface area contributed by atoms with Crippen LogP contribution in [0.25, 0.3) is 0 Å². The zero-order chi connectivity index (χ0) is 29.5. The van der Waals surface area contributed by atoms with E-state index in [1.807, 2.05) is 0 Å². The first-order chi connectivity index (χ1) is 19.3. The summed E-state index contributed by atoms with van der Waals surface area (Å²) in [6.45, 7) is 0.0838. The highest BCUT2D eigenvalue weighted by Crippen LogP contribution is 2.35. The van der Waals surface area contributed by atoms with Crippen molar-refractivity contribution in [3.8, 4) is 0 Å². The van der Waals surface area contributed by atoms with E-state index in [9.17, 15) is 35.9 Å². The minimum absolute atomic E-state index is 0.0267. The van der Waals surface area contributed by atoms with Crippen molar-refractivity contribution in [3.05, 3.63) is 78.9 Å². The highest BCUT2D eigenvalue weighted by atomic mass is 35.5. The first-order valence-electron chi connectivity index (χ1n) is 12.3. The Bertz CT molecular complexity index is 1530. The van der Waals surface area contributed by atoms with Crippen molar-refractivity contribution in [1.29, 1.82) is 0 Å². The third kappa shape index (κ3) is 6.40. The van der Waals surface area contributed by atoms with Gasteiger partial charge in [0.1, 0.15) is 17.8 Å². The third-order valence-corrected chi connectivity index (χ3v) is 8.00.